The Hall–Kier alpha value is -2.97. The van der Waals surface area contributed by atoms with Crippen molar-refractivity contribution in [3.63, 3.8) is 0 Å². The quantitative estimate of drug-likeness (QED) is 0.0727. The first kappa shape index (κ1) is 32.2. The molecule has 2 rings (SSSR count). The topological polar surface area (TPSA) is 142 Å². The SMILES string of the molecule is CCCCCCCCc1ccc(OP(=O)(O)Oc2ccc(CCCCCCCC)cc2[N+](=O)[O-])c([N+](=O)[O-])c1. The third-order valence-corrected chi connectivity index (χ3v) is 7.36. The molecule has 2 aromatic rings. The van der Waals surface area contributed by atoms with Gasteiger partial charge in [0.2, 0.25) is 11.5 Å². The maximum atomic E-state index is 12.7. The lowest BCUT2D eigenvalue weighted by Crippen LogP contribution is -2.04. The highest BCUT2D eigenvalue weighted by Gasteiger charge is 2.32. The zero-order valence-corrected chi connectivity index (χ0v) is 23.9. The number of aryl methyl sites for hydroxylation is 2. The second-order valence-corrected chi connectivity index (χ2v) is 11.1. The van der Waals surface area contributed by atoms with E-state index in [4.69, 9.17) is 9.05 Å². The Labute approximate surface area is 230 Å². The van der Waals surface area contributed by atoms with Gasteiger partial charge < -0.3 is 9.05 Å². The van der Waals surface area contributed by atoms with Crippen molar-refractivity contribution < 1.29 is 28.4 Å². The fourth-order valence-corrected chi connectivity index (χ4v) is 5.21. The Morgan fingerprint density at radius 2 is 1.03 bits per heavy atom. The van der Waals surface area contributed by atoms with Crippen LogP contribution in [-0.2, 0) is 17.4 Å². The van der Waals surface area contributed by atoms with Gasteiger partial charge in [0.25, 0.3) is 0 Å². The summed E-state index contributed by atoms with van der Waals surface area (Å²) in [6.07, 6.45) is 14.3. The summed E-state index contributed by atoms with van der Waals surface area (Å²) in [5.74, 6) is -0.889. The second-order valence-electron chi connectivity index (χ2n) is 9.81. The Morgan fingerprint density at radius 1 is 0.667 bits per heavy atom. The average Bonchev–Trinajstić information content (AvgIpc) is 2.89. The number of hydrogen-bond acceptors (Lipinski definition) is 7. The van der Waals surface area contributed by atoms with Gasteiger partial charge in [-0.1, -0.05) is 90.2 Å². The molecule has 0 amide bonds. The lowest BCUT2D eigenvalue weighted by molar-refractivity contribution is -0.385. The monoisotopic (exact) mass is 564 g/mol. The van der Waals surface area contributed by atoms with E-state index >= 15 is 0 Å². The number of rotatable bonds is 20. The van der Waals surface area contributed by atoms with Crippen LogP contribution in [0.3, 0.4) is 0 Å². The molecule has 0 saturated carbocycles. The zero-order valence-electron chi connectivity index (χ0n) is 23.0. The number of phosphoric ester groups is 1. The standard InChI is InChI=1S/C28H41N2O8P/c1-3-5-7-9-11-13-15-23-17-19-27(25(21-23)29(31)32)37-39(35,36)38-28-20-18-24(22-26(28)30(33)34)16-14-12-10-8-6-4-2/h17-22H,3-16H2,1-2H3,(H,35,36). The van der Waals surface area contributed by atoms with Gasteiger partial charge in [0.05, 0.1) is 9.85 Å². The van der Waals surface area contributed by atoms with E-state index in [1.54, 1.807) is 12.1 Å². The van der Waals surface area contributed by atoms with E-state index in [0.29, 0.717) is 12.8 Å². The van der Waals surface area contributed by atoms with Gasteiger partial charge in [0.15, 0.2) is 0 Å². The lowest BCUT2D eigenvalue weighted by atomic mass is 10.0. The van der Waals surface area contributed by atoms with Gasteiger partial charge in [-0.2, -0.15) is 0 Å². The molecule has 216 valence electrons. The molecule has 39 heavy (non-hydrogen) atoms. The molecule has 11 heteroatoms. The number of hydrogen-bond donors (Lipinski definition) is 1. The van der Waals surface area contributed by atoms with E-state index in [1.807, 2.05) is 0 Å². The van der Waals surface area contributed by atoms with E-state index in [9.17, 15) is 29.7 Å². The van der Waals surface area contributed by atoms with Crippen molar-refractivity contribution in [2.75, 3.05) is 0 Å². The van der Waals surface area contributed by atoms with Crippen LogP contribution >= 0.6 is 7.82 Å². The van der Waals surface area contributed by atoms with Crippen molar-refractivity contribution in [3.8, 4) is 11.5 Å². The molecule has 1 N–H and O–H groups in total. The van der Waals surface area contributed by atoms with E-state index in [-0.39, 0.29) is 0 Å². The van der Waals surface area contributed by atoms with Gasteiger partial charge in [-0.3, -0.25) is 25.1 Å². The van der Waals surface area contributed by atoms with Crippen molar-refractivity contribution in [2.45, 2.75) is 104 Å². The number of phosphoric acid groups is 1. The zero-order chi connectivity index (χ0) is 28.7. The minimum absolute atomic E-state index is 0.445. The third-order valence-electron chi connectivity index (χ3n) is 6.51. The van der Waals surface area contributed by atoms with Crippen LogP contribution in [0, 0.1) is 20.2 Å². The van der Waals surface area contributed by atoms with Crippen molar-refractivity contribution in [1.29, 1.82) is 0 Å². The molecule has 0 aliphatic rings. The summed E-state index contributed by atoms with van der Waals surface area (Å²) in [5, 5.41) is 23.3. The predicted molar refractivity (Wildman–Crippen MR) is 151 cm³/mol. The van der Waals surface area contributed by atoms with Crippen molar-refractivity contribution in [3.05, 3.63) is 67.8 Å². The van der Waals surface area contributed by atoms with Gasteiger partial charge in [-0.25, -0.2) is 4.57 Å². The molecule has 10 nitrogen and oxygen atoms in total. The Bertz CT molecular complexity index is 1040. The number of unbranched alkanes of at least 4 members (excludes halogenated alkanes) is 10. The molecule has 0 fully saturated rings. The molecule has 0 spiro atoms. The van der Waals surface area contributed by atoms with Crippen LogP contribution in [0.2, 0.25) is 0 Å². The number of nitrogens with zero attached hydrogens (tertiary/aromatic N) is 2. The Balaban J connectivity index is 2.06. The van der Waals surface area contributed by atoms with Crippen molar-refractivity contribution in [1.82, 2.24) is 0 Å². The molecule has 0 unspecified atom stereocenters. The highest BCUT2D eigenvalue weighted by Crippen LogP contribution is 2.49. The summed E-state index contributed by atoms with van der Waals surface area (Å²) in [6.45, 7) is 4.29. The summed E-state index contributed by atoms with van der Waals surface area (Å²) in [4.78, 5) is 32.2. The molecule has 0 atom stereocenters. The Morgan fingerprint density at radius 3 is 1.38 bits per heavy atom. The van der Waals surface area contributed by atoms with E-state index in [2.05, 4.69) is 13.8 Å². The smallest absolute Gasteiger partial charge is 0.388 e. The maximum absolute atomic E-state index is 12.7. The highest BCUT2D eigenvalue weighted by atomic mass is 31.2. The highest BCUT2D eigenvalue weighted by molar-refractivity contribution is 7.48. The molecular formula is C28H41N2O8P. The largest absolute Gasteiger partial charge is 0.585 e. The molecule has 0 bridgehead atoms. The lowest BCUT2D eigenvalue weighted by Gasteiger charge is -2.15. The summed E-state index contributed by atoms with van der Waals surface area (Å²) in [5.41, 5.74) is 0.491. The van der Waals surface area contributed by atoms with Gasteiger partial charge in [0, 0.05) is 12.1 Å². The van der Waals surface area contributed by atoms with Gasteiger partial charge in [-0.05, 0) is 48.9 Å². The number of benzene rings is 2. The van der Waals surface area contributed by atoms with Crippen LogP contribution in [0.4, 0.5) is 11.4 Å². The number of nitro groups is 2. The van der Waals surface area contributed by atoms with E-state index in [0.717, 1.165) is 75.3 Å². The van der Waals surface area contributed by atoms with Crippen LogP contribution in [0.15, 0.2) is 36.4 Å². The van der Waals surface area contributed by atoms with Crippen LogP contribution in [-0.4, -0.2) is 14.7 Å². The van der Waals surface area contributed by atoms with E-state index in [1.165, 1.54) is 37.1 Å². The van der Waals surface area contributed by atoms with Gasteiger partial charge in [-0.15, -0.1) is 0 Å². The fourth-order valence-electron chi connectivity index (χ4n) is 4.36. The summed E-state index contributed by atoms with van der Waals surface area (Å²) in [6, 6.07) is 8.37. The van der Waals surface area contributed by atoms with Crippen LogP contribution in [0.5, 0.6) is 11.5 Å². The summed E-state index contributed by atoms with van der Waals surface area (Å²) in [7, 11) is -4.98. The first-order valence-electron chi connectivity index (χ1n) is 13.9. The molecule has 0 aromatic heterocycles. The predicted octanol–water partition coefficient (Wildman–Crippen LogP) is 8.87. The van der Waals surface area contributed by atoms with Crippen molar-refractivity contribution in [2.24, 2.45) is 0 Å². The first-order valence-corrected chi connectivity index (χ1v) is 15.4. The molecule has 2 aromatic carbocycles. The maximum Gasteiger partial charge on any atom is 0.585 e. The van der Waals surface area contributed by atoms with Gasteiger partial charge >= 0.3 is 19.2 Å². The Kier molecular flexibility index (Phi) is 14.0. The van der Waals surface area contributed by atoms with Crippen LogP contribution in [0.1, 0.15) is 102 Å². The molecule has 0 aliphatic heterocycles. The minimum Gasteiger partial charge on any atom is -0.388 e. The normalized spacial score (nSPS) is 11.4. The molecule has 0 aliphatic carbocycles. The van der Waals surface area contributed by atoms with Gasteiger partial charge in [0.1, 0.15) is 0 Å². The molecule has 0 saturated heterocycles. The number of nitro benzene ring substituents is 2. The molecular weight excluding hydrogens is 523 g/mol. The van der Waals surface area contributed by atoms with Crippen molar-refractivity contribution >= 4 is 19.2 Å². The minimum atomic E-state index is -4.98. The van der Waals surface area contributed by atoms with E-state index < -0.39 is 40.5 Å². The molecule has 0 radical (unpaired) electrons. The van der Waals surface area contributed by atoms with Crippen LogP contribution < -0.4 is 9.05 Å². The summed E-state index contributed by atoms with van der Waals surface area (Å²) >= 11 is 0. The molecule has 0 heterocycles. The third kappa shape index (κ3) is 11.8. The fraction of sp³-hybridized carbons (Fsp3) is 0.571. The van der Waals surface area contributed by atoms with Crippen LogP contribution in [0.25, 0.3) is 0 Å². The average molecular weight is 565 g/mol. The second kappa shape index (κ2) is 16.9. The summed E-state index contributed by atoms with van der Waals surface area (Å²) < 4.78 is 22.8. The first-order chi connectivity index (χ1) is 18.7.